The fourth-order valence-corrected chi connectivity index (χ4v) is 0.283. The zero-order chi connectivity index (χ0) is 4.83. The molecular weight excluding hydrogens is 111 g/mol. The zero-order valence-electron chi connectivity index (χ0n) is 3.46. The van der Waals surface area contributed by atoms with Gasteiger partial charge in [0, 0.05) is 0 Å². The van der Waals surface area contributed by atoms with Gasteiger partial charge in [-0.3, -0.25) is 0 Å². The van der Waals surface area contributed by atoms with Gasteiger partial charge in [0.25, 0.3) is 0 Å². The van der Waals surface area contributed by atoms with E-state index in [-0.39, 0.29) is 0 Å². The summed E-state index contributed by atoms with van der Waals surface area (Å²) in [7, 11) is 0. The first-order chi connectivity index (χ1) is 2.91. The number of allylic oxidation sites excluding steroid dienone is 3. The van der Waals surface area contributed by atoms with E-state index in [1.54, 1.807) is 6.08 Å². The van der Waals surface area contributed by atoms with Gasteiger partial charge < -0.3 is 0 Å². The van der Waals surface area contributed by atoms with E-state index in [1.165, 1.54) is 0 Å². The van der Waals surface area contributed by atoms with Crippen molar-refractivity contribution in [3.05, 3.63) is 24.8 Å². The Morgan fingerprint density at radius 3 is 2.17 bits per heavy atom. The summed E-state index contributed by atoms with van der Waals surface area (Å²) < 4.78 is 1.90. The first kappa shape index (κ1) is 5.93. The van der Waals surface area contributed by atoms with E-state index in [0.29, 0.717) is 0 Å². The predicted molar refractivity (Wildman–Crippen MR) is 25.4 cm³/mol. The van der Waals surface area contributed by atoms with Gasteiger partial charge in [-0.2, -0.15) is 0 Å². The van der Waals surface area contributed by atoms with Crippen LogP contribution in [0.1, 0.15) is 0 Å². The minimum absolute atomic E-state index is 1.74. The second-order valence-corrected chi connectivity index (χ2v) is 1.24. The second-order valence-electron chi connectivity index (χ2n) is 0.770. The van der Waals surface area contributed by atoms with Crippen LogP contribution >= 0.6 is 0 Å². The molecule has 0 atom stereocenters. The SMILES string of the molecule is C=CC=C[CH]=[V]. The van der Waals surface area contributed by atoms with Crippen molar-refractivity contribution in [1.82, 2.24) is 0 Å². The van der Waals surface area contributed by atoms with Gasteiger partial charge in [0.05, 0.1) is 0 Å². The average Bonchev–Trinajstić information content (AvgIpc) is 1.61. The minimum atomic E-state index is 1.74. The molecule has 0 aromatic rings. The summed E-state index contributed by atoms with van der Waals surface area (Å²) in [5.74, 6) is 0. The fraction of sp³-hybridized carbons (Fsp3) is 0. The molecule has 0 aliphatic carbocycles. The van der Waals surface area contributed by atoms with Crippen LogP contribution in [-0.4, -0.2) is 4.73 Å². The van der Waals surface area contributed by atoms with Gasteiger partial charge in [0.15, 0.2) is 0 Å². The Balaban J connectivity index is 3.17. The Morgan fingerprint density at radius 2 is 2.00 bits per heavy atom. The molecule has 0 rings (SSSR count). The molecule has 0 saturated heterocycles. The molecule has 0 amide bonds. The molecule has 0 heterocycles. The van der Waals surface area contributed by atoms with Crippen molar-refractivity contribution in [2.24, 2.45) is 0 Å². The quantitative estimate of drug-likeness (QED) is 0.474. The average molecular weight is 117 g/mol. The number of hydrogen-bond acceptors (Lipinski definition) is 0. The van der Waals surface area contributed by atoms with E-state index in [2.05, 4.69) is 23.6 Å². The topological polar surface area (TPSA) is 0 Å². The standard InChI is InChI=1S/C5H6.V/c1-3-5-4-2;/h1,3-5H,2H2;. The third kappa shape index (κ3) is 3.93. The van der Waals surface area contributed by atoms with Crippen LogP contribution in [0.15, 0.2) is 24.8 Å². The molecule has 31 valence electrons. The Kier molecular flexibility index (Phi) is 4.88. The van der Waals surface area contributed by atoms with Crippen LogP contribution in [0.25, 0.3) is 0 Å². The molecule has 0 nitrogen and oxygen atoms in total. The van der Waals surface area contributed by atoms with Gasteiger partial charge >= 0.3 is 46.5 Å². The first-order valence-corrected chi connectivity index (χ1v) is 2.47. The summed E-state index contributed by atoms with van der Waals surface area (Å²) in [6, 6.07) is 0. The van der Waals surface area contributed by atoms with Crippen LogP contribution < -0.4 is 0 Å². The molecule has 0 N–H and O–H groups in total. The molecule has 0 aromatic heterocycles. The molecule has 0 aliphatic rings. The van der Waals surface area contributed by atoms with Gasteiger partial charge in [-0.05, 0) is 0 Å². The summed E-state index contributed by atoms with van der Waals surface area (Å²) in [6.45, 7) is 3.48. The normalized spacial score (nSPS) is 8.50. The Morgan fingerprint density at radius 1 is 1.33 bits per heavy atom. The summed E-state index contributed by atoms with van der Waals surface area (Å²) >= 11 is 2.35. The maximum atomic E-state index is 3.48. The van der Waals surface area contributed by atoms with Gasteiger partial charge in [0.1, 0.15) is 0 Å². The molecule has 0 fully saturated rings. The van der Waals surface area contributed by atoms with Crippen molar-refractivity contribution in [2.45, 2.75) is 0 Å². The van der Waals surface area contributed by atoms with E-state index >= 15 is 0 Å². The summed E-state index contributed by atoms with van der Waals surface area (Å²) in [5, 5.41) is 0. The molecule has 0 spiro atoms. The Bertz CT molecular complexity index is 62.0. The van der Waals surface area contributed by atoms with Crippen LogP contribution in [-0.2, 0) is 17.0 Å². The number of hydrogen-bond donors (Lipinski definition) is 0. The van der Waals surface area contributed by atoms with Crippen molar-refractivity contribution >= 4 is 4.73 Å². The van der Waals surface area contributed by atoms with Crippen LogP contribution in [0.5, 0.6) is 0 Å². The van der Waals surface area contributed by atoms with Crippen LogP contribution in [0.4, 0.5) is 0 Å². The van der Waals surface area contributed by atoms with E-state index in [4.69, 9.17) is 0 Å². The van der Waals surface area contributed by atoms with Crippen molar-refractivity contribution in [2.75, 3.05) is 0 Å². The third-order valence-corrected chi connectivity index (χ3v) is 0.602. The van der Waals surface area contributed by atoms with Crippen LogP contribution in [0.2, 0.25) is 0 Å². The fourth-order valence-electron chi connectivity index (χ4n) is 0.128. The molecule has 0 aromatic carbocycles. The summed E-state index contributed by atoms with van der Waals surface area (Å²) in [4.78, 5) is 0. The molecule has 0 saturated carbocycles. The Hall–Kier alpha value is -0.0656. The van der Waals surface area contributed by atoms with Crippen molar-refractivity contribution in [3.63, 3.8) is 0 Å². The molecule has 0 aliphatic heterocycles. The van der Waals surface area contributed by atoms with Crippen LogP contribution in [0, 0.1) is 0 Å². The maximum absolute atomic E-state index is 3.48. The van der Waals surface area contributed by atoms with E-state index in [1.807, 2.05) is 16.9 Å². The molecule has 0 radical (unpaired) electrons. The first-order valence-electron chi connectivity index (χ1n) is 1.67. The summed E-state index contributed by atoms with van der Waals surface area (Å²) in [6.07, 6.45) is 5.52. The molecule has 0 bridgehead atoms. The van der Waals surface area contributed by atoms with Gasteiger partial charge in [-0.1, -0.05) is 0 Å². The predicted octanol–water partition coefficient (Wildman–Crippen LogP) is 1.08. The van der Waals surface area contributed by atoms with Crippen LogP contribution in [0.3, 0.4) is 0 Å². The third-order valence-electron chi connectivity index (χ3n) is 0.333. The molecule has 0 unspecified atom stereocenters. The van der Waals surface area contributed by atoms with Crippen molar-refractivity contribution in [1.29, 1.82) is 0 Å². The summed E-state index contributed by atoms with van der Waals surface area (Å²) in [5.41, 5.74) is 0. The second kappa shape index (κ2) is 4.93. The van der Waals surface area contributed by atoms with Crippen molar-refractivity contribution in [3.8, 4) is 0 Å². The molecule has 6 heavy (non-hydrogen) atoms. The van der Waals surface area contributed by atoms with Gasteiger partial charge in [0.2, 0.25) is 0 Å². The monoisotopic (exact) mass is 117 g/mol. The number of rotatable bonds is 2. The Labute approximate surface area is 47.1 Å². The van der Waals surface area contributed by atoms with Gasteiger partial charge in [-0.15, -0.1) is 0 Å². The van der Waals surface area contributed by atoms with E-state index in [0.717, 1.165) is 0 Å². The van der Waals surface area contributed by atoms with E-state index in [9.17, 15) is 0 Å². The zero-order valence-corrected chi connectivity index (χ0v) is 4.86. The van der Waals surface area contributed by atoms with Crippen molar-refractivity contribution < 1.29 is 17.0 Å². The molecule has 1 heteroatoms. The molecular formula is C5H6V. The van der Waals surface area contributed by atoms with E-state index < -0.39 is 0 Å². The van der Waals surface area contributed by atoms with Gasteiger partial charge in [-0.25, -0.2) is 0 Å².